The number of carbonyl (C=O) groups is 2. The molecule has 5 heteroatoms. The van der Waals surface area contributed by atoms with Crippen molar-refractivity contribution < 1.29 is 9.59 Å². The van der Waals surface area contributed by atoms with Crippen LogP contribution in [0.2, 0.25) is 0 Å². The van der Waals surface area contributed by atoms with E-state index in [0.717, 1.165) is 37.9 Å². The van der Waals surface area contributed by atoms with Crippen molar-refractivity contribution in [1.82, 2.24) is 10.2 Å². The summed E-state index contributed by atoms with van der Waals surface area (Å²) < 4.78 is 0. The van der Waals surface area contributed by atoms with Crippen molar-refractivity contribution in [3.8, 4) is 0 Å². The first-order valence-corrected chi connectivity index (χ1v) is 9.09. The van der Waals surface area contributed by atoms with Gasteiger partial charge in [-0.1, -0.05) is 19.3 Å². The lowest BCUT2D eigenvalue weighted by Crippen LogP contribution is -2.59. The number of nitrogens with zero attached hydrogens (tertiary/aromatic N) is 1. The van der Waals surface area contributed by atoms with Gasteiger partial charge in [-0.25, -0.2) is 0 Å². The topological polar surface area (TPSA) is 49.4 Å². The molecule has 1 saturated heterocycles. The van der Waals surface area contributed by atoms with Crippen molar-refractivity contribution in [2.24, 2.45) is 0 Å². The third-order valence-electron chi connectivity index (χ3n) is 4.61. The molecule has 2 amide bonds. The lowest BCUT2D eigenvalue weighted by molar-refractivity contribution is -0.142. The molecule has 114 valence electrons. The molecule has 1 aliphatic carbocycles. The van der Waals surface area contributed by atoms with Crippen LogP contribution in [-0.4, -0.2) is 46.8 Å². The predicted molar refractivity (Wildman–Crippen MR) is 82.7 cm³/mol. The minimum absolute atomic E-state index is 0.0415. The lowest BCUT2D eigenvalue weighted by atomic mass is 9.80. The summed E-state index contributed by atoms with van der Waals surface area (Å²) in [6, 6.07) is 0.224. The molecule has 0 radical (unpaired) electrons. The highest BCUT2D eigenvalue weighted by Gasteiger charge is 2.45. The number of rotatable bonds is 4. The zero-order valence-electron chi connectivity index (χ0n) is 12.6. The number of thioether (sulfide) groups is 1. The summed E-state index contributed by atoms with van der Waals surface area (Å²) in [5, 5.41) is 3.05. The molecule has 0 bridgehead atoms. The lowest BCUT2D eigenvalue weighted by Gasteiger charge is -2.40. The normalized spacial score (nSPS) is 24.4. The minimum atomic E-state index is -0.598. The smallest absolute Gasteiger partial charge is 0.248 e. The van der Waals surface area contributed by atoms with Gasteiger partial charge in [0.1, 0.15) is 5.54 Å². The number of hydrogen-bond acceptors (Lipinski definition) is 3. The van der Waals surface area contributed by atoms with Gasteiger partial charge in [0.15, 0.2) is 0 Å². The van der Waals surface area contributed by atoms with Gasteiger partial charge in [-0.3, -0.25) is 9.59 Å². The maximum absolute atomic E-state index is 13.0. The van der Waals surface area contributed by atoms with Gasteiger partial charge in [-0.15, -0.1) is 0 Å². The van der Waals surface area contributed by atoms with E-state index in [2.05, 4.69) is 18.5 Å². The summed E-state index contributed by atoms with van der Waals surface area (Å²) in [5.74, 6) is 1.26. The Morgan fingerprint density at radius 2 is 2.00 bits per heavy atom. The van der Waals surface area contributed by atoms with Gasteiger partial charge >= 0.3 is 0 Å². The molecule has 1 aliphatic heterocycles. The number of hydrogen-bond donors (Lipinski definition) is 1. The Balaban J connectivity index is 2.16. The fourth-order valence-electron chi connectivity index (χ4n) is 3.34. The first kappa shape index (κ1) is 15.7. The van der Waals surface area contributed by atoms with Crippen LogP contribution in [0.4, 0.5) is 0 Å². The molecule has 1 atom stereocenters. The molecule has 1 heterocycles. The van der Waals surface area contributed by atoms with Gasteiger partial charge < -0.3 is 10.2 Å². The van der Waals surface area contributed by atoms with Crippen LogP contribution in [0.3, 0.4) is 0 Å². The van der Waals surface area contributed by atoms with Gasteiger partial charge in [-0.2, -0.15) is 11.8 Å². The molecule has 0 aromatic heterocycles. The SMILES string of the molecule is CSCCC(C)N1CCC(=O)NC2(CCCCC2)C1=O. The third kappa shape index (κ3) is 3.30. The predicted octanol–water partition coefficient (Wildman–Crippen LogP) is 2.18. The molecule has 20 heavy (non-hydrogen) atoms. The highest BCUT2D eigenvalue weighted by atomic mass is 32.2. The highest BCUT2D eigenvalue weighted by molar-refractivity contribution is 7.98. The zero-order chi connectivity index (χ0) is 14.6. The monoisotopic (exact) mass is 298 g/mol. The molecule has 1 N–H and O–H groups in total. The first-order chi connectivity index (χ1) is 9.59. The maximum Gasteiger partial charge on any atom is 0.248 e. The van der Waals surface area contributed by atoms with Crippen LogP contribution in [0.15, 0.2) is 0 Å². The number of amides is 2. The maximum atomic E-state index is 13.0. The summed E-state index contributed by atoms with van der Waals surface area (Å²) in [6.07, 6.45) is 8.40. The summed E-state index contributed by atoms with van der Waals surface area (Å²) in [4.78, 5) is 26.9. The Labute approximate surface area is 126 Å². The zero-order valence-corrected chi connectivity index (χ0v) is 13.4. The standard InChI is InChI=1S/C15H26N2O2S/c1-12(7-11-20-2)17-10-6-13(18)16-15(14(17)19)8-4-3-5-9-15/h12H,3-11H2,1-2H3,(H,16,18). The van der Waals surface area contributed by atoms with Crippen LogP contribution in [0.5, 0.6) is 0 Å². The number of nitrogens with one attached hydrogen (secondary N) is 1. The van der Waals surface area contributed by atoms with Crippen LogP contribution in [0, 0.1) is 0 Å². The second kappa shape index (κ2) is 6.83. The molecule has 1 saturated carbocycles. The Hall–Kier alpha value is -0.710. The molecular weight excluding hydrogens is 272 g/mol. The third-order valence-corrected chi connectivity index (χ3v) is 5.25. The summed E-state index contributed by atoms with van der Waals surface area (Å²) >= 11 is 1.81. The second-order valence-corrected chi connectivity index (χ2v) is 7.06. The summed E-state index contributed by atoms with van der Waals surface area (Å²) in [5.41, 5.74) is -0.598. The molecule has 1 spiro atoms. The Bertz CT molecular complexity index is 367. The van der Waals surface area contributed by atoms with E-state index < -0.39 is 5.54 Å². The van der Waals surface area contributed by atoms with E-state index in [9.17, 15) is 9.59 Å². The van der Waals surface area contributed by atoms with E-state index >= 15 is 0 Å². The first-order valence-electron chi connectivity index (χ1n) is 7.70. The van der Waals surface area contributed by atoms with Crippen molar-refractivity contribution in [2.75, 3.05) is 18.6 Å². The number of carbonyl (C=O) groups excluding carboxylic acids is 2. The molecule has 2 fully saturated rings. The van der Waals surface area contributed by atoms with Gasteiger partial charge in [0.05, 0.1) is 0 Å². The Morgan fingerprint density at radius 3 is 2.65 bits per heavy atom. The second-order valence-electron chi connectivity index (χ2n) is 6.07. The molecule has 4 nitrogen and oxygen atoms in total. The van der Waals surface area contributed by atoms with E-state index in [1.807, 2.05) is 16.7 Å². The molecule has 0 aromatic rings. The minimum Gasteiger partial charge on any atom is -0.342 e. The van der Waals surface area contributed by atoms with E-state index in [-0.39, 0.29) is 17.9 Å². The van der Waals surface area contributed by atoms with Crippen molar-refractivity contribution >= 4 is 23.6 Å². The summed E-state index contributed by atoms with van der Waals surface area (Å²) in [6.45, 7) is 2.68. The van der Waals surface area contributed by atoms with Gasteiger partial charge in [-0.05, 0) is 38.2 Å². The van der Waals surface area contributed by atoms with E-state index in [1.165, 1.54) is 6.42 Å². The average molecular weight is 298 g/mol. The molecule has 2 rings (SSSR count). The molecule has 0 aromatic carbocycles. The Morgan fingerprint density at radius 1 is 1.30 bits per heavy atom. The van der Waals surface area contributed by atoms with Crippen molar-refractivity contribution in [3.05, 3.63) is 0 Å². The van der Waals surface area contributed by atoms with E-state index in [4.69, 9.17) is 0 Å². The van der Waals surface area contributed by atoms with Gasteiger partial charge in [0, 0.05) is 19.0 Å². The van der Waals surface area contributed by atoms with Crippen molar-refractivity contribution in [2.45, 2.75) is 63.5 Å². The van der Waals surface area contributed by atoms with Gasteiger partial charge in [0.25, 0.3) is 0 Å². The fourth-order valence-corrected chi connectivity index (χ4v) is 3.92. The van der Waals surface area contributed by atoms with Crippen LogP contribution in [0.1, 0.15) is 51.9 Å². The molecule has 1 unspecified atom stereocenters. The van der Waals surface area contributed by atoms with Crippen LogP contribution >= 0.6 is 11.8 Å². The molecular formula is C15H26N2O2S. The van der Waals surface area contributed by atoms with Crippen molar-refractivity contribution in [3.63, 3.8) is 0 Å². The van der Waals surface area contributed by atoms with E-state index in [1.54, 1.807) is 0 Å². The van der Waals surface area contributed by atoms with Crippen molar-refractivity contribution in [1.29, 1.82) is 0 Å². The van der Waals surface area contributed by atoms with E-state index in [0.29, 0.717) is 13.0 Å². The average Bonchev–Trinajstić information content (AvgIpc) is 2.56. The summed E-state index contributed by atoms with van der Waals surface area (Å²) in [7, 11) is 0. The van der Waals surface area contributed by atoms with Gasteiger partial charge in [0.2, 0.25) is 11.8 Å². The fraction of sp³-hybridized carbons (Fsp3) is 0.867. The van der Waals surface area contributed by atoms with Crippen LogP contribution in [0.25, 0.3) is 0 Å². The highest BCUT2D eigenvalue weighted by Crippen LogP contribution is 2.32. The Kier molecular flexibility index (Phi) is 5.35. The van der Waals surface area contributed by atoms with Crippen LogP contribution in [-0.2, 0) is 9.59 Å². The van der Waals surface area contributed by atoms with Crippen LogP contribution < -0.4 is 5.32 Å². The quantitative estimate of drug-likeness (QED) is 0.865. The molecule has 2 aliphatic rings. The largest absolute Gasteiger partial charge is 0.342 e.